The van der Waals surface area contributed by atoms with Gasteiger partial charge in [0.25, 0.3) is 17.3 Å². The number of nitro groups is 2. The van der Waals surface area contributed by atoms with Crippen molar-refractivity contribution in [3.63, 3.8) is 0 Å². The molecule has 0 unspecified atom stereocenters. The molecule has 0 atom stereocenters. The standard InChI is InChI=1S/C27H18N4O7/c32-26(15-10-18-8-11-21(12-9-18)30(34)35)38-25-14-13-22(31(36)37)16-20(25)17-28-29-27(33)24-7-3-5-19-4-1-2-6-23(19)24/h1-17H,(H,29,33)/b15-10+,28-17+. The van der Waals surface area contributed by atoms with Gasteiger partial charge in [-0.05, 0) is 46.7 Å². The summed E-state index contributed by atoms with van der Waals surface area (Å²) in [6.45, 7) is 0. The zero-order valence-corrected chi connectivity index (χ0v) is 19.5. The van der Waals surface area contributed by atoms with E-state index in [2.05, 4.69) is 10.5 Å². The Morgan fingerprint density at radius 2 is 1.53 bits per heavy atom. The summed E-state index contributed by atoms with van der Waals surface area (Å²) in [4.78, 5) is 45.9. The maximum Gasteiger partial charge on any atom is 0.336 e. The molecule has 1 N–H and O–H groups in total. The molecule has 4 aromatic carbocycles. The Hall–Kier alpha value is -5.71. The molecule has 0 aliphatic heterocycles. The lowest BCUT2D eigenvalue weighted by Gasteiger charge is -2.07. The molecular weight excluding hydrogens is 492 g/mol. The third-order valence-electron chi connectivity index (χ3n) is 5.33. The number of ether oxygens (including phenoxy) is 1. The number of rotatable bonds is 8. The number of esters is 1. The van der Waals surface area contributed by atoms with Crippen LogP contribution in [0, 0.1) is 20.2 Å². The van der Waals surface area contributed by atoms with Crippen molar-refractivity contribution in [1.29, 1.82) is 0 Å². The molecule has 0 aliphatic rings. The maximum atomic E-state index is 12.7. The summed E-state index contributed by atoms with van der Waals surface area (Å²) < 4.78 is 5.30. The zero-order valence-electron chi connectivity index (χ0n) is 19.5. The smallest absolute Gasteiger partial charge is 0.336 e. The number of hydrogen-bond acceptors (Lipinski definition) is 8. The zero-order chi connectivity index (χ0) is 27.1. The Bertz CT molecular complexity index is 1610. The lowest BCUT2D eigenvalue weighted by atomic mass is 10.0. The Morgan fingerprint density at radius 1 is 0.842 bits per heavy atom. The summed E-state index contributed by atoms with van der Waals surface area (Å²) in [5.74, 6) is -1.32. The van der Waals surface area contributed by atoms with Crippen LogP contribution in [0.1, 0.15) is 21.5 Å². The Balaban J connectivity index is 1.50. The molecule has 0 spiro atoms. The fourth-order valence-electron chi connectivity index (χ4n) is 3.50. The van der Waals surface area contributed by atoms with Crippen LogP contribution in [-0.4, -0.2) is 27.9 Å². The normalized spacial score (nSPS) is 11.1. The van der Waals surface area contributed by atoms with E-state index in [9.17, 15) is 29.8 Å². The molecule has 38 heavy (non-hydrogen) atoms. The van der Waals surface area contributed by atoms with E-state index in [-0.39, 0.29) is 22.7 Å². The molecule has 0 radical (unpaired) electrons. The fourth-order valence-corrected chi connectivity index (χ4v) is 3.50. The van der Waals surface area contributed by atoms with Crippen molar-refractivity contribution in [1.82, 2.24) is 5.43 Å². The first kappa shape index (κ1) is 25.4. The molecule has 0 saturated heterocycles. The first-order chi connectivity index (χ1) is 18.3. The van der Waals surface area contributed by atoms with E-state index in [1.165, 1.54) is 36.4 Å². The Labute approximate surface area is 215 Å². The summed E-state index contributed by atoms with van der Waals surface area (Å²) in [5.41, 5.74) is 3.02. The molecule has 1 amide bonds. The largest absolute Gasteiger partial charge is 0.423 e. The number of benzene rings is 4. The van der Waals surface area contributed by atoms with Crippen LogP contribution in [0.25, 0.3) is 16.8 Å². The quantitative estimate of drug-likeness (QED) is 0.0870. The highest BCUT2D eigenvalue weighted by molar-refractivity contribution is 6.07. The van der Waals surface area contributed by atoms with Crippen molar-refractivity contribution in [2.75, 3.05) is 0 Å². The van der Waals surface area contributed by atoms with Gasteiger partial charge in [0, 0.05) is 41.5 Å². The molecule has 0 aliphatic carbocycles. The molecule has 0 aromatic heterocycles. The minimum Gasteiger partial charge on any atom is -0.423 e. The monoisotopic (exact) mass is 510 g/mol. The molecule has 11 nitrogen and oxygen atoms in total. The average Bonchev–Trinajstić information content (AvgIpc) is 2.92. The van der Waals surface area contributed by atoms with Gasteiger partial charge in [0.15, 0.2) is 0 Å². The first-order valence-electron chi connectivity index (χ1n) is 11.1. The van der Waals surface area contributed by atoms with Gasteiger partial charge in [-0.25, -0.2) is 10.2 Å². The third kappa shape index (κ3) is 6.10. The first-order valence-corrected chi connectivity index (χ1v) is 11.1. The van der Waals surface area contributed by atoms with E-state index in [1.54, 1.807) is 18.2 Å². The van der Waals surface area contributed by atoms with Crippen LogP contribution >= 0.6 is 0 Å². The summed E-state index contributed by atoms with van der Waals surface area (Å²) >= 11 is 0. The van der Waals surface area contributed by atoms with Gasteiger partial charge in [-0.1, -0.05) is 36.4 Å². The predicted octanol–water partition coefficient (Wildman–Crippen LogP) is 5.04. The number of amides is 1. The van der Waals surface area contributed by atoms with E-state index in [1.807, 2.05) is 24.3 Å². The van der Waals surface area contributed by atoms with E-state index < -0.39 is 21.7 Å². The number of carbonyl (C=O) groups excluding carboxylic acids is 2. The molecule has 0 fully saturated rings. The van der Waals surface area contributed by atoms with Crippen molar-refractivity contribution in [3.05, 3.63) is 128 Å². The molecule has 188 valence electrons. The van der Waals surface area contributed by atoms with Gasteiger partial charge in [0.05, 0.1) is 16.1 Å². The van der Waals surface area contributed by atoms with Gasteiger partial charge in [-0.3, -0.25) is 25.0 Å². The molecule has 4 aromatic rings. The fraction of sp³-hybridized carbons (Fsp3) is 0. The van der Waals surface area contributed by atoms with E-state index >= 15 is 0 Å². The molecule has 4 rings (SSSR count). The molecule has 0 heterocycles. The number of hydrogen-bond donors (Lipinski definition) is 1. The van der Waals surface area contributed by atoms with Crippen molar-refractivity contribution >= 4 is 46.3 Å². The summed E-state index contributed by atoms with van der Waals surface area (Å²) in [7, 11) is 0. The summed E-state index contributed by atoms with van der Waals surface area (Å²) in [5, 5.41) is 27.5. The predicted molar refractivity (Wildman–Crippen MR) is 140 cm³/mol. The van der Waals surface area contributed by atoms with Gasteiger partial charge >= 0.3 is 5.97 Å². The number of nitrogens with zero attached hydrogens (tertiary/aromatic N) is 3. The van der Waals surface area contributed by atoms with E-state index in [4.69, 9.17) is 4.74 Å². The van der Waals surface area contributed by atoms with Gasteiger partial charge in [-0.2, -0.15) is 5.10 Å². The van der Waals surface area contributed by atoms with Crippen LogP contribution < -0.4 is 10.2 Å². The molecular formula is C27H18N4O7. The minimum absolute atomic E-state index is 0.0305. The van der Waals surface area contributed by atoms with Crippen LogP contribution in [0.4, 0.5) is 11.4 Å². The minimum atomic E-state index is -0.799. The third-order valence-corrected chi connectivity index (χ3v) is 5.33. The number of nitro benzene ring substituents is 2. The summed E-state index contributed by atoms with van der Waals surface area (Å²) in [6.07, 6.45) is 3.64. The van der Waals surface area contributed by atoms with Crippen molar-refractivity contribution in [2.45, 2.75) is 0 Å². The number of hydrazone groups is 1. The lowest BCUT2D eigenvalue weighted by molar-refractivity contribution is -0.385. The van der Waals surface area contributed by atoms with Crippen LogP contribution in [0.15, 0.2) is 96.1 Å². The summed E-state index contributed by atoms with van der Waals surface area (Å²) in [6, 6.07) is 21.7. The van der Waals surface area contributed by atoms with E-state index in [0.717, 1.165) is 35.2 Å². The highest BCUT2D eigenvalue weighted by Gasteiger charge is 2.14. The number of fused-ring (bicyclic) bond motifs is 1. The number of carbonyl (C=O) groups is 2. The number of nitrogens with one attached hydrogen (secondary N) is 1. The van der Waals surface area contributed by atoms with Gasteiger partial charge < -0.3 is 4.74 Å². The van der Waals surface area contributed by atoms with Crippen LogP contribution in [0.3, 0.4) is 0 Å². The highest BCUT2D eigenvalue weighted by atomic mass is 16.6. The second-order valence-corrected chi connectivity index (χ2v) is 7.81. The average molecular weight is 510 g/mol. The van der Waals surface area contributed by atoms with Gasteiger partial charge in [-0.15, -0.1) is 0 Å². The van der Waals surface area contributed by atoms with Gasteiger partial charge in [0.1, 0.15) is 5.75 Å². The van der Waals surface area contributed by atoms with Gasteiger partial charge in [0.2, 0.25) is 0 Å². The van der Waals surface area contributed by atoms with Crippen molar-refractivity contribution in [3.8, 4) is 5.75 Å². The second-order valence-electron chi connectivity index (χ2n) is 7.81. The van der Waals surface area contributed by atoms with Crippen LogP contribution in [0.5, 0.6) is 5.75 Å². The van der Waals surface area contributed by atoms with E-state index in [0.29, 0.717) is 11.1 Å². The topological polar surface area (TPSA) is 154 Å². The van der Waals surface area contributed by atoms with Crippen LogP contribution in [-0.2, 0) is 4.79 Å². The highest BCUT2D eigenvalue weighted by Crippen LogP contribution is 2.24. The van der Waals surface area contributed by atoms with Crippen molar-refractivity contribution < 1.29 is 24.2 Å². The molecule has 0 bridgehead atoms. The lowest BCUT2D eigenvalue weighted by Crippen LogP contribution is -2.18. The van der Waals surface area contributed by atoms with Crippen LogP contribution in [0.2, 0.25) is 0 Å². The number of non-ortho nitro benzene ring substituents is 2. The second kappa shape index (κ2) is 11.4. The Morgan fingerprint density at radius 3 is 2.26 bits per heavy atom. The Kier molecular flexibility index (Phi) is 7.58. The maximum absolute atomic E-state index is 12.7. The SMILES string of the molecule is O=C(/C=C/c1ccc([N+](=O)[O-])cc1)Oc1ccc([N+](=O)[O-])cc1/C=N/NC(=O)c1cccc2ccccc12. The van der Waals surface area contributed by atoms with Crippen molar-refractivity contribution in [2.24, 2.45) is 5.10 Å². The molecule has 0 saturated carbocycles. The molecule has 11 heteroatoms.